The van der Waals surface area contributed by atoms with Crippen molar-refractivity contribution in [3.63, 3.8) is 0 Å². The Labute approximate surface area is 64.9 Å². The maximum Gasteiger partial charge on any atom is 0.255 e. The zero-order chi connectivity index (χ0) is 8.32. The number of ether oxygens (including phenoxy) is 1. The molecule has 1 N–H and O–H groups in total. The highest BCUT2D eigenvalue weighted by Crippen LogP contribution is 2.30. The highest BCUT2D eigenvalue weighted by atomic mass is 19.3. The molecule has 0 saturated carbocycles. The highest BCUT2D eigenvalue weighted by molar-refractivity contribution is 4.83. The summed E-state index contributed by atoms with van der Waals surface area (Å²) in [6.07, 6.45) is -0.0684. The predicted molar refractivity (Wildman–Crippen MR) is 37.8 cm³/mol. The van der Waals surface area contributed by atoms with E-state index in [4.69, 9.17) is 4.74 Å². The van der Waals surface area contributed by atoms with Crippen molar-refractivity contribution in [2.75, 3.05) is 26.8 Å². The molecule has 0 amide bonds. The minimum Gasteiger partial charge on any atom is -0.384 e. The van der Waals surface area contributed by atoms with Crippen LogP contribution < -0.4 is 5.32 Å². The van der Waals surface area contributed by atoms with Crippen molar-refractivity contribution in [2.24, 2.45) is 5.92 Å². The lowest BCUT2D eigenvalue weighted by atomic mass is 9.96. The molecule has 1 fully saturated rings. The van der Waals surface area contributed by atoms with E-state index in [1.54, 1.807) is 0 Å². The summed E-state index contributed by atoms with van der Waals surface area (Å²) in [6.45, 7) is 0.911. The first-order valence-electron chi connectivity index (χ1n) is 3.74. The molecule has 1 aliphatic heterocycles. The summed E-state index contributed by atoms with van der Waals surface area (Å²) in [4.78, 5) is 0. The molecule has 1 unspecified atom stereocenters. The Morgan fingerprint density at radius 2 is 2.36 bits per heavy atom. The van der Waals surface area contributed by atoms with Gasteiger partial charge in [0.2, 0.25) is 0 Å². The second-order valence-corrected chi connectivity index (χ2v) is 2.87. The first-order valence-corrected chi connectivity index (χ1v) is 3.74. The quantitative estimate of drug-likeness (QED) is 0.655. The second kappa shape index (κ2) is 3.45. The normalized spacial score (nSPS) is 30.3. The topological polar surface area (TPSA) is 21.3 Å². The minimum atomic E-state index is -2.54. The molecule has 0 bridgehead atoms. The molecule has 1 atom stereocenters. The van der Waals surface area contributed by atoms with E-state index in [1.165, 1.54) is 7.11 Å². The number of piperidine rings is 1. The van der Waals surface area contributed by atoms with Gasteiger partial charge in [0.15, 0.2) is 0 Å². The number of alkyl halides is 2. The van der Waals surface area contributed by atoms with Crippen LogP contribution in [0.2, 0.25) is 0 Å². The van der Waals surface area contributed by atoms with Gasteiger partial charge >= 0.3 is 0 Å². The minimum absolute atomic E-state index is 0.0684. The van der Waals surface area contributed by atoms with Crippen LogP contribution in [0.25, 0.3) is 0 Å². The maximum absolute atomic E-state index is 12.9. The zero-order valence-electron chi connectivity index (χ0n) is 6.57. The molecule has 0 spiro atoms. The van der Waals surface area contributed by atoms with Crippen molar-refractivity contribution in [2.45, 2.75) is 12.3 Å². The van der Waals surface area contributed by atoms with E-state index in [0.717, 1.165) is 0 Å². The molecule has 4 heteroatoms. The number of hydrogen-bond acceptors (Lipinski definition) is 2. The molecule has 0 aromatic rings. The summed E-state index contributed by atoms with van der Waals surface area (Å²) < 4.78 is 30.6. The van der Waals surface area contributed by atoms with E-state index < -0.39 is 11.8 Å². The lowest BCUT2D eigenvalue weighted by Crippen LogP contribution is -2.46. The number of methoxy groups -OCH3 is 1. The van der Waals surface area contributed by atoms with Crippen LogP contribution >= 0.6 is 0 Å². The molecule has 2 nitrogen and oxygen atoms in total. The summed E-state index contributed by atoms with van der Waals surface area (Å²) in [5.74, 6) is -3.19. The molecule has 0 aliphatic carbocycles. The Kier molecular flexibility index (Phi) is 2.78. The van der Waals surface area contributed by atoms with Crippen molar-refractivity contribution >= 4 is 0 Å². The summed E-state index contributed by atoms with van der Waals surface area (Å²) >= 11 is 0. The Balaban J connectivity index is 2.45. The van der Waals surface area contributed by atoms with Gasteiger partial charge in [-0.15, -0.1) is 0 Å². The van der Waals surface area contributed by atoms with E-state index in [-0.39, 0.29) is 13.0 Å². The molecule has 1 saturated heterocycles. The molecule has 1 heterocycles. The third-order valence-corrected chi connectivity index (χ3v) is 1.99. The molecule has 0 aromatic heterocycles. The van der Waals surface area contributed by atoms with Gasteiger partial charge in [0.05, 0.1) is 12.5 Å². The van der Waals surface area contributed by atoms with Crippen LogP contribution in [-0.2, 0) is 4.74 Å². The van der Waals surface area contributed by atoms with E-state index >= 15 is 0 Å². The summed E-state index contributed by atoms with van der Waals surface area (Å²) in [6, 6.07) is 0. The predicted octanol–water partition coefficient (Wildman–Crippen LogP) is 0.878. The van der Waals surface area contributed by atoms with Crippen LogP contribution in [0.4, 0.5) is 8.78 Å². The fraction of sp³-hybridized carbons (Fsp3) is 1.00. The SMILES string of the molecule is COCC1CNCCC1(F)F. The van der Waals surface area contributed by atoms with Crippen molar-refractivity contribution in [3.05, 3.63) is 0 Å². The molecule has 0 radical (unpaired) electrons. The standard InChI is InChI=1S/C7H13F2NO/c1-11-5-6-4-10-3-2-7(6,8)9/h6,10H,2-5H2,1H3. The van der Waals surface area contributed by atoms with Gasteiger partial charge in [-0.1, -0.05) is 0 Å². The Hall–Kier alpha value is -0.220. The molecular formula is C7H13F2NO. The van der Waals surface area contributed by atoms with Gasteiger partial charge in [-0.05, 0) is 0 Å². The van der Waals surface area contributed by atoms with E-state index in [0.29, 0.717) is 13.1 Å². The Bertz CT molecular complexity index is 128. The summed E-state index contributed by atoms with van der Waals surface area (Å²) in [7, 11) is 1.45. The first kappa shape index (κ1) is 8.87. The van der Waals surface area contributed by atoms with Crippen molar-refractivity contribution in [1.29, 1.82) is 0 Å². The lowest BCUT2D eigenvalue weighted by molar-refractivity contribution is -0.0988. The smallest absolute Gasteiger partial charge is 0.255 e. The van der Waals surface area contributed by atoms with Gasteiger partial charge in [-0.3, -0.25) is 0 Å². The average Bonchev–Trinajstić information content (AvgIpc) is 1.94. The van der Waals surface area contributed by atoms with Gasteiger partial charge in [0, 0.05) is 26.6 Å². The zero-order valence-corrected chi connectivity index (χ0v) is 6.57. The van der Waals surface area contributed by atoms with Crippen LogP contribution in [0.3, 0.4) is 0 Å². The number of hydrogen-bond donors (Lipinski definition) is 1. The molecule has 11 heavy (non-hydrogen) atoms. The van der Waals surface area contributed by atoms with Crippen LogP contribution in [0.5, 0.6) is 0 Å². The van der Waals surface area contributed by atoms with Gasteiger partial charge < -0.3 is 10.1 Å². The third-order valence-electron chi connectivity index (χ3n) is 1.99. The molecule has 1 aliphatic rings. The maximum atomic E-state index is 12.9. The molecule has 66 valence electrons. The fourth-order valence-corrected chi connectivity index (χ4v) is 1.27. The lowest BCUT2D eigenvalue weighted by Gasteiger charge is -2.31. The van der Waals surface area contributed by atoms with Crippen molar-refractivity contribution in [3.8, 4) is 0 Å². The Morgan fingerprint density at radius 1 is 1.64 bits per heavy atom. The highest BCUT2D eigenvalue weighted by Gasteiger charge is 2.41. The monoisotopic (exact) mass is 165 g/mol. The number of nitrogens with one attached hydrogen (secondary N) is 1. The molecule has 0 aromatic carbocycles. The van der Waals surface area contributed by atoms with Crippen LogP contribution in [0.15, 0.2) is 0 Å². The van der Waals surface area contributed by atoms with Gasteiger partial charge in [0.25, 0.3) is 5.92 Å². The average molecular weight is 165 g/mol. The third kappa shape index (κ3) is 2.10. The first-order chi connectivity index (χ1) is 5.17. The summed E-state index contributed by atoms with van der Waals surface area (Å²) in [5, 5.41) is 2.92. The van der Waals surface area contributed by atoms with Crippen LogP contribution in [0.1, 0.15) is 6.42 Å². The fourth-order valence-electron chi connectivity index (χ4n) is 1.27. The Morgan fingerprint density at radius 3 is 2.91 bits per heavy atom. The summed E-state index contributed by atoms with van der Waals surface area (Å²) in [5.41, 5.74) is 0. The van der Waals surface area contributed by atoms with Gasteiger partial charge in [-0.2, -0.15) is 0 Å². The van der Waals surface area contributed by atoms with E-state index in [9.17, 15) is 8.78 Å². The molecular weight excluding hydrogens is 152 g/mol. The number of rotatable bonds is 2. The number of halogens is 2. The van der Waals surface area contributed by atoms with Crippen LogP contribution in [0, 0.1) is 5.92 Å². The van der Waals surface area contributed by atoms with E-state index in [1.807, 2.05) is 0 Å². The van der Waals surface area contributed by atoms with E-state index in [2.05, 4.69) is 5.32 Å². The van der Waals surface area contributed by atoms with Crippen molar-refractivity contribution in [1.82, 2.24) is 5.32 Å². The van der Waals surface area contributed by atoms with Crippen LogP contribution in [-0.4, -0.2) is 32.7 Å². The molecule has 1 rings (SSSR count). The van der Waals surface area contributed by atoms with Crippen molar-refractivity contribution < 1.29 is 13.5 Å². The largest absolute Gasteiger partial charge is 0.384 e. The van der Waals surface area contributed by atoms with Gasteiger partial charge in [0.1, 0.15) is 0 Å². The second-order valence-electron chi connectivity index (χ2n) is 2.87. The van der Waals surface area contributed by atoms with Gasteiger partial charge in [-0.25, -0.2) is 8.78 Å².